The zero-order valence-corrected chi connectivity index (χ0v) is 17.2. The molecule has 0 amide bonds. The molecule has 0 aromatic carbocycles. The molecule has 3 N–H and O–H groups in total. The Morgan fingerprint density at radius 2 is 2.00 bits per heavy atom. The second-order valence-electron chi connectivity index (χ2n) is 10.6. The summed E-state index contributed by atoms with van der Waals surface area (Å²) in [7, 11) is 0. The van der Waals surface area contributed by atoms with Crippen molar-refractivity contribution in [3.8, 4) is 0 Å². The van der Waals surface area contributed by atoms with Crippen molar-refractivity contribution in [1.29, 1.82) is 0 Å². The molecule has 0 aromatic rings. The summed E-state index contributed by atoms with van der Waals surface area (Å²) in [6.45, 7) is 9.52. The maximum absolute atomic E-state index is 13.6. The first kappa shape index (κ1) is 19.7. The first-order valence-corrected chi connectivity index (χ1v) is 10.6. The molecule has 2 spiro atoms. The van der Waals surface area contributed by atoms with E-state index in [1.54, 1.807) is 0 Å². The van der Waals surface area contributed by atoms with E-state index in [-0.39, 0.29) is 36.4 Å². The topological polar surface area (TPSA) is 113 Å². The van der Waals surface area contributed by atoms with Crippen LogP contribution in [0.3, 0.4) is 0 Å². The summed E-state index contributed by atoms with van der Waals surface area (Å²) < 4.78 is 11.7. The van der Waals surface area contributed by atoms with Crippen LogP contribution in [-0.4, -0.2) is 57.8 Å². The molecule has 4 aliphatic carbocycles. The number of hydrogen-bond acceptors (Lipinski definition) is 7. The standard InChI is InChI=1S/C22H30O7/c1-10-12-7-13(29-11(2)23)16-20-9-28-21(27,22(16,17(10)25)18(12)26)8-14(20)19(3,4)6-5-15(20)24/h12-16,18,24,26-27H,1,5-9H2,2-4H3/t12-,13-,14+,15-,16-,18+,20-,21+,22+/m0/s1. The Kier molecular flexibility index (Phi) is 3.73. The number of ether oxygens (including phenoxy) is 2. The normalized spacial score (nSPS) is 54.7. The first-order valence-electron chi connectivity index (χ1n) is 10.6. The number of fused-ring (bicyclic) bond motifs is 2. The van der Waals surface area contributed by atoms with Crippen LogP contribution in [-0.2, 0) is 19.1 Å². The third kappa shape index (κ3) is 1.94. The molecule has 0 unspecified atom stereocenters. The zero-order valence-electron chi connectivity index (χ0n) is 17.2. The maximum atomic E-state index is 13.6. The Bertz CT molecular complexity index is 820. The average molecular weight is 406 g/mol. The molecule has 29 heavy (non-hydrogen) atoms. The van der Waals surface area contributed by atoms with Crippen molar-refractivity contribution in [2.24, 2.45) is 34.0 Å². The second-order valence-corrected chi connectivity index (χ2v) is 10.6. The first-order chi connectivity index (χ1) is 13.4. The van der Waals surface area contributed by atoms with E-state index in [1.165, 1.54) is 6.92 Å². The van der Waals surface area contributed by atoms with Crippen LogP contribution in [0.25, 0.3) is 0 Å². The Morgan fingerprint density at radius 1 is 1.31 bits per heavy atom. The van der Waals surface area contributed by atoms with Crippen molar-refractivity contribution >= 4 is 11.8 Å². The van der Waals surface area contributed by atoms with E-state index >= 15 is 0 Å². The van der Waals surface area contributed by atoms with E-state index in [2.05, 4.69) is 20.4 Å². The third-order valence-electron chi connectivity index (χ3n) is 9.17. The van der Waals surface area contributed by atoms with Gasteiger partial charge in [-0.2, -0.15) is 0 Å². The minimum absolute atomic E-state index is 0.0695. The number of carbonyl (C=O) groups is 2. The Labute approximate surface area is 170 Å². The molecule has 2 saturated heterocycles. The average Bonchev–Trinajstić information content (AvgIpc) is 2.75. The molecule has 6 fully saturated rings. The number of esters is 1. The van der Waals surface area contributed by atoms with E-state index in [0.717, 1.165) is 6.42 Å². The highest BCUT2D eigenvalue weighted by molar-refractivity contribution is 6.05. The van der Waals surface area contributed by atoms with E-state index in [4.69, 9.17) is 9.47 Å². The summed E-state index contributed by atoms with van der Waals surface area (Å²) in [6.07, 6.45) is -0.945. The van der Waals surface area contributed by atoms with Gasteiger partial charge in [0.15, 0.2) is 11.6 Å². The highest BCUT2D eigenvalue weighted by atomic mass is 16.6. The molecule has 0 radical (unpaired) electrons. The van der Waals surface area contributed by atoms with Gasteiger partial charge in [-0.3, -0.25) is 9.59 Å². The van der Waals surface area contributed by atoms with Gasteiger partial charge in [0.2, 0.25) is 0 Å². The molecule has 7 nitrogen and oxygen atoms in total. The molecule has 4 saturated carbocycles. The lowest BCUT2D eigenvalue weighted by Crippen LogP contribution is -2.82. The lowest BCUT2D eigenvalue weighted by molar-refractivity contribution is -0.435. The van der Waals surface area contributed by atoms with Crippen molar-refractivity contribution in [2.45, 2.75) is 70.6 Å². The van der Waals surface area contributed by atoms with Crippen molar-refractivity contribution in [3.63, 3.8) is 0 Å². The van der Waals surface area contributed by atoms with E-state index in [0.29, 0.717) is 6.42 Å². The second kappa shape index (κ2) is 5.49. The molecule has 4 bridgehead atoms. The molecule has 7 heteroatoms. The summed E-state index contributed by atoms with van der Waals surface area (Å²) in [5.41, 5.74) is -2.52. The molecule has 2 aliphatic heterocycles. The number of carbonyl (C=O) groups excluding carboxylic acids is 2. The van der Waals surface area contributed by atoms with Crippen LogP contribution in [0.5, 0.6) is 0 Å². The smallest absolute Gasteiger partial charge is 0.302 e. The van der Waals surface area contributed by atoms with Gasteiger partial charge < -0.3 is 24.8 Å². The van der Waals surface area contributed by atoms with Gasteiger partial charge in [0, 0.05) is 30.6 Å². The predicted molar refractivity (Wildman–Crippen MR) is 100 cm³/mol. The van der Waals surface area contributed by atoms with Crippen LogP contribution in [0, 0.1) is 34.0 Å². The number of rotatable bonds is 1. The number of hydrogen-bond donors (Lipinski definition) is 3. The van der Waals surface area contributed by atoms with E-state index < -0.39 is 58.5 Å². The van der Waals surface area contributed by atoms with Crippen LogP contribution in [0.2, 0.25) is 0 Å². The van der Waals surface area contributed by atoms with Crippen molar-refractivity contribution in [2.75, 3.05) is 6.61 Å². The van der Waals surface area contributed by atoms with Gasteiger partial charge in [0.25, 0.3) is 0 Å². The minimum Gasteiger partial charge on any atom is -0.462 e. The fraction of sp³-hybridized carbons (Fsp3) is 0.818. The van der Waals surface area contributed by atoms with E-state index in [1.807, 2.05) is 0 Å². The minimum atomic E-state index is -1.88. The van der Waals surface area contributed by atoms with Crippen LogP contribution in [0.4, 0.5) is 0 Å². The van der Waals surface area contributed by atoms with Gasteiger partial charge in [-0.1, -0.05) is 20.4 Å². The van der Waals surface area contributed by atoms with Crippen LogP contribution in [0.15, 0.2) is 12.2 Å². The van der Waals surface area contributed by atoms with Crippen molar-refractivity contribution in [1.82, 2.24) is 0 Å². The molecular formula is C22H30O7. The molecule has 6 aliphatic rings. The van der Waals surface area contributed by atoms with Crippen molar-refractivity contribution in [3.05, 3.63) is 12.2 Å². The molecule has 0 aromatic heterocycles. The number of aliphatic hydroxyl groups excluding tert-OH is 2. The molecule has 160 valence electrons. The van der Waals surface area contributed by atoms with Gasteiger partial charge >= 0.3 is 5.97 Å². The van der Waals surface area contributed by atoms with Gasteiger partial charge in [0.05, 0.1) is 18.8 Å². The maximum Gasteiger partial charge on any atom is 0.302 e. The SMILES string of the molecule is C=C1C(=O)[C@@]23[C@H](O)[C@H]1C[C@H](OC(C)=O)[C@H]2[C@@]12CO[C@]3(O)C[C@@H]1C(C)(C)CC[C@@H]2O. The van der Waals surface area contributed by atoms with Crippen molar-refractivity contribution < 1.29 is 34.4 Å². The largest absolute Gasteiger partial charge is 0.462 e. The zero-order chi connectivity index (χ0) is 21.1. The van der Waals surface area contributed by atoms with Gasteiger partial charge in [-0.15, -0.1) is 0 Å². The van der Waals surface area contributed by atoms with Gasteiger partial charge in [0.1, 0.15) is 11.5 Å². The number of Topliss-reactive ketones (excluding diaryl/α,β-unsaturated/α-hetero) is 1. The highest BCUT2D eigenvalue weighted by Gasteiger charge is 2.86. The quantitative estimate of drug-likeness (QED) is 0.439. The Hall–Kier alpha value is -1.28. The fourth-order valence-electron chi connectivity index (χ4n) is 8.06. The summed E-state index contributed by atoms with van der Waals surface area (Å²) in [5.74, 6) is -4.25. The lowest BCUT2D eigenvalue weighted by Gasteiger charge is -2.74. The van der Waals surface area contributed by atoms with Gasteiger partial charge in [-0.05, 0) is 36.2 Å². The third-order valence-corrected chi connectivity index (χ3v) is 9.17. The Morgan fingerprint density at radius 3 is 2.66 bits per heavy atom. The van der Waals surface area contributed by atoms with Crippen LogP contribution < -0.4 is 0 Å². The molecule has 6 rings (SSSR count). The summed E-state index contributed by atoms with van der Waals surface area (Å²) in [6, 6.07) is 0. The molecule has 2 heterocycles. The Balaban J connectivity index is 1.80. The monoisotopic (exact) mass is 406 g/mol. The number of aliphatic hydroxyl groups is 3. The fourth-order valence-corrected chi connectivity index (χ4v) is 8.06. The lowest BCUT2D eigenvalue weighted by atomic mass is 9.36. The molecule has 9 atom stereocenters. The summed E-state index contributed by atoms with van der Waals surface area (Å²) in [5, 5.41) is 34.5. The van der Waals surface area contributed by atoms with Gasteiger partial charge in [-0.25, -0.2) is 0 Å². The van der Waals surface area contributed by atoms with Crippen LogP contribution >= 0.6 is 0 Å². The predicted octanol–water partition coefficient (Wildman–Crippen LogP) is 0.946. The van der Waals surface area contributed by atoms with E-state index in [9.17, 15) is 24.9 Å². The summed E-state index contributed by atoms with van der Waals surface area (Å²) >= 11 is 0. The number of ketones is 1. The summed E-state index contributed by atoms with van der Waals surface area (Å²) in [4.78, 5) is 25.6. The molecular weight excluding hydrogens is 376 g/mol. The van der Waals surface area contributed by atoms with Crippen LogP contribution in [0.1, 0.15) is 46.5 Å². The highest BCUT2D eigenvalue weighted by Crippen LogP contribution is 2.76.